The molecule has 0 atom stereocenters. The molecule has 3 heterocycles. The van der Waals surface area contributed by atoms with Crippen molar-refractivity contribution in [3.05, 3.63) is 47.2 Å². The fourth-order valence-electron chi connectivity index (χ4n) is 4.96. The number of aromatic nitrogens is 3. The maximum Gasteiger partial charge on any atom is 0.220 e. The second kappa shape index (κ2) is 11.5. The van der Waals surface area contributed by atoms with E-state index in [2.05, 4.69) is 17.1 Å². The van der Waals surface area contributed by atoms with Crippen LogP contribution in [0.25, 0.3) is 16.7 Å². The van der Waals surface area contributed by atoms with Crippen LogP contribution in [0, 0.1) is 13.8 Å². The number of para-hydroxylation sites is 1. The first kappa shape index (κ1) is 24.2. The maximum atomic E-state index is 12.6. The standard InChI is InChI=1S/C27H37N5O2/c1-20-23(14-15-24(33)28-16-11-19-31-17-9-4-5-10-18-31)27(34-3)29-26-25(20)21(2)30-32(26)22-12-7-6-8-13-22/h6-8,12-13H,4-5,9-11,14-19H2,1-3H3,(H,28,33). The molecule has 1 aliphatic heterocycles. The lowest BCUT2D eigenvalue weighted by molar-refractivity contribution is -0.121. The molecule has 182 valence electrons. The fourth-order valence-corrected chi connectivity index (χ4v) is 4.96. The van der Waals surface area contributed by atoms with Gasteiger partial charge in [-0.1, -0.05) is 31.0 Å². The number of nitrogens with zero attached hydrogens (tertiary/aromatic N) is 4. The van der Waals surface area contributed by atoms with E-state index < -0.39 is 0 Å². The summed E-state index contributed by atoms with van der Waals surface area (Å²) in [5, 5.41) is 8.86. The van der Waals surface area contributed by atoms with Crippen LogP contribution in [0.1, 0.15) is 55.3 Å². The number of benzene rings is 1. The van der Waals surface area contributed by atoms with Crippen LogP contribution >= 0.6 is 0 Å². The predicted octanol–water partition coefficient (Wildman–Crippen LogP) is 4.36. The minimum absolute atomic E-state index is 0.0779. The molecule has 1 N–H and O–H groups in total. The summed E-state index contributed by atoms with van der Waals surface area (Å²) in [4.78, 5) is 19.9. The third-order valence-electron chi connectivity index (χ3n) is 6.80. The summed E-state index contributed by atoms with van der Waals surface area (Å²) < 4.78 is 7.52. The summed E-state index contributed by atoms with van der Waals surface area (Å²) in [5.41, 5.74) is 4.72. The highest BCUT2D eigenvalue weighted by molar-refractivity contribution is 5.85. The van der Waals surface area contributed by atoms with Crippen molar-refractivity contribution in [2.24, 2.45) is 0 Å². The predicted molar refractivity (Wildman–Crippen MR) is 136 cm³/mol. The Balaban J connectivity index is 1.40. The lowest BCUT2D eigenvalue weighted by Crippen LogP contribution is -2.30. The third kappa shape index (κ3) is 5.58. The molecule has 2 aromatic heterocycles. The van der Waals surface area contributed by atoms with Gasteiger partial charge in [-0.25, -0.2) is 4.68 Å². The molecule has 7 heteroatoms. The zero-order valence-electron chi connectivity index (χ0n) is 20.8. The number of carbonyl (C=O) groups excluding carboxylic acids is 1. The van der Waals surface area contributed by atoms with Gasteiger partial charge in [-0.15, -0.1) is 0 Å². The van der Waals surface area contributed by atoms with Crippen molar-refractivity contribution in [3.8, 4) is 11.6 Å². The minimum atomic E-state index is 0.0779. The van der Waals surface area contributed by atoms with Crippen LogP contribution < -0.4 is 10.1 Å². The molecular formula is C27H37N5O2. The second-order valence-electron chi connectivity index (χ2n) is 9.22. The van der Waals surface area contributed by atoms with Gasteiger partial charge in [0.05, 0.1) is 18.5 Å². The molecule has 7 nitrogen and oxygen atoms in total. The van der Waals surface area contributed by atoms with Crippen molar-refractivity contribution in [2.45, 2.75) is 58.8 Å². The first-order valence-electron chi connectivity index (χ1n) is 12.6. The van der Waals surface area contributed by atoms with E-state index in [1.807, 2.05) is 41.9 Å². The Bertz CT molecular complexity index is 1100. The van der Waals surface area contributed by atoms with E-state index >= 15 is 0 Å². The number of ether oxygens (including phenoxy) is 1. The van der Waals surface area contributed by atoms with E-state index in [-0.39, 0.29) is 5.91 Å². The van der Waals surface area contributed by atoms with E-state index in [0.717, 1.165) is 53.1 Å². The van der Waals surface area contributed by atoms with Gasteiger partial charge in [0, 0.05) is 23.9 Å². The quantitative estimate of drug-likeness (QED) is 0.478. The van der Waals surface area contributed by atoms with Gasteiger partial charge >= 0.3 is 0 Å². The van der Waals surface area contributed by atoms with E-state index in [0.29, 0.717) is 18.7 Å². The lowest BCUT2D eigenvalue weighted by atomic mass is 10.0. The average Bonchev–Trinajstić information content (AvgIpc) is 3.00. The van der Waals surface area contributed by atoms with Crippen molar-refractivity contribution in [1.82, 2.24) is 25.0 Å². The fraction of sp³-hybridized carbons (Fsp3) is 0.519. The molecule has 0 bridgehead atoms. The Labute approximate surface area is 202 Å². The topological polar surface area (TPSA) is 72.3 Å². The zero-order valence-corrected chi connectivity index (χ0v) is 20.8. The number of hydrogen-bond donors (Lipinski definition) is 1. The van der Waals surface area contributed by atoms with Crippen molar-refractivity contribution in [2.75, 3.05) is 33.3 Å². The second-order valence-corrected chi connectivity index (χ2v) is 9.22. The Hall–Kier alpha value is -2.93. The first-order valence-corrected chi connectivity index (χ1v) is 12.6. The van der Waals surface area contributed by atoms with Gasteiger partial charge in [0.2, 0.25) is 11.8 Å². The molecule has 34 heavy (non-hydrogen) atoms. The maximum absolute atomic E-state index is 12.6. The Morgan fingerprint density at radius 3 is 2.53 bits per heavy atom. The third-order valence-corrected chi connectivity index (χ3v) is 6.80. The largest absolute Gasteiger partial charge is 0.481 e. The molecule has 1 amide bonds. The van der Waals surface area contributed by atoms with Gasteiger partial charge in [-0.3, -0.25) is 4.79 Å². The van der Waals surface area contributed by atoms with Gasteiger partial charge < -0.3 is 15.0 Å². The summed E-state index contributed by atoms with van der Waals surface area (Å²) >= 11 is 0. The number of aryl methyl sites for hydroxylation is 2. The van der Waals surface area contributed by atoms with E-state index in [4.69, 9.17) is 14.8 Å². The number of likely N-dealkylation sites (tertiary alicyclic amines) is 1. The molecule has 0 radical (unpaired) electrons. The van der Waals surface area contributed by atoms with E-state index in [1.54, 1.807) is 7.11 Å². The number of pyridine rings is 1. The summed E-state index contributed by atoms with van der Waals surface area (Å²) in [7, 11) is 1.64. The smallest absolute Gasteiger partial charge is 0.220 e. The average molecular weight is 464 g/mol. The molecular weight excluding hydrogens is 426 g/mol. The molecule has 1 saturated heterocycles. The Morgan fingerprint density at radius 1 is 1.09 bits per heavy atom. The van der Waals surface area contributed by atoms with Crippen molar-refractivity contribution in [3.63, 3.8) is 0 Å². The van der Waals surface area contributed by atoms with Crippen molar-refractivity contribution >= 4 is 16.9 Å². The Morgan fingerprint density at radius 2 is 1.82 bits per heavy atom. The van der Waals surface area contributed by atoms with Crippen molar-refractivity contribution in [1.29, 1.82) is 0 Å². The number of fused-ring (bicyclic) bond motifs is 1. The van der Waals surface area contributed by atoms with Gasteiger partial charge in [-0.05, 0) is 76.9 Å². The first-order chi connectivity index (χ1) is 16.6. The highest BCUT2D eigenvalue weighted by Gasteiger charge is 2.20. The normalized spacial score (nSPS) is 14.8. The van der Waals surface area contributed by atoms with Gasteiger partial charge in [0.15, 0.2) is 5.65 Å². The monoisotopic (exact) mass is 463 g/mol. The molecule has 0 unspecified atom stereocenters. The molecule has 0 spiro atoms. The van der Waals surface area contributed by atoms with E-state index in [9.17, 15) is 4.79 Å². The molecule has 3 aromatic rings. The molecule has 1 aliphatic rings. The number of rotatable bonds is 9. The number of methoxy groups -OCH3 is 1. The van der Waals surface area contributed by atoms with E-state index in [1.165, 1.54) is 38.8 Å². The van der Waals surface area contributed by atoms with Gasteiger partial charge in [0.25, 0.3) is 0 Å². The number of hydrogen-bond acceptors (Lipinski definition) is 5. The zero-order chi connectivity index (χ0) is 23.9. The molecule has 1 aromatic carbocycles. The number of carbonyl (C=O) groups is 1. The van der Waals surface area contributed by atoms with Crippen LogP contribution in [0.5, 0.6) is 5.88 Å². The SMILES string of the molecule is COc1nc2c(c(C)nn2-c2ccccc2)c(C)c1CCC(=O)NCCCN1CCCCCC1. The van der Waals surface area contributed by atoms with Gasteiger partial charge in [0.1, 0.15) is 0 Å². The molecule has 4 rings (SSSR count). The Kier molecular flexibility index (Phi) is 8.16. The number of nitrogens with one attached hydrogen (secondary N) is 1. The van der Waals surface area contributed by atoms with Gasteiger partial charge in [-0.2, -0.15) is 10.1 Å². The highest BCUT2D eigenvalue weighted by atomic mass is 16.5. The van der Waals surface area contributed by atoms with Crippen LogP contribution in [-0.4, -0.2) is 58.9 Å². The van der Waals surface area contributed by atoms with Crippen LogP contribution in [0.4, 0.5) is 0 Å². The highest BCUT2D eigenvalue weighted by Crippen LogP contribution is 2.31. The molecule has 1 fully saturated rings. The lowest BCUT2D eigenvalue weighted by Gasteiger charge is -2.19. The summed E-state index contributed by atoms with van der Waals surface area (Å²) in [5.74, 6) is 0.644. The van der Waals surface area contributed by atoms with Crippen LogP contribution in [0.3, 0.4) is 0 Å². The summed E-state index contributed by atoms with van der Waals surface area (Å²) in [6.07, 6.45) is 7.31. The summed E-state index contributed by atoms with van der Waals surface area (Å²) in [6, 6.07) is 9.99. The van der Waals surface area contributed by atoms with Crippen molar-refractivity contribution < 1.29 is 9.53 Å². The minimum Gasteiger partial charge on any atom is -0.481 e. The molecule has 0 saturated carbocycles. The summed E-state index contributed by atoms with van der Waals surface area (Å²) in [6.45, 7) is 8.27. The van der Waals surface area contributed by atoms with Crippen LogP contribution in [0.2, 0.25) is 0 Å². The van der Waals surface area contributed by atoms with Crippen LogP contribution in [0.15, 0.2) is 30.3 Å². The number of amides is 1. The molecule has 0 aliphatic carbocycles. The van der Waals surface area contributed by atoms with Crippen LogP contribution in [-0.2, 0) is 11.2 Å².